The number of nitrogens with one attached hydrogen (secondary N) is 1. The fourth-order valence-electron chi connectivity index (χ4n) is 3.44. The van der Waals surface area contributed by atoms with E-state index in [1.54, 1.807) is 0 Å². The molecule has 2 aromatic carbocycles. The average molecular weight is 419 g/mol. The third-order valence-corrected chi connectivity index (χ3v) is 5.60. The van der Waals surface area contributed by atoms with Crippen molar-refractivity contribution in [1.82, 2.24) is 4.90 Å². The molecule has 0 bridgehead atoms. The first-order valence-corrected chi connectivity index (χ1v) is 10.2. The van der Waals surface area contributed by atoms with Crippen molar-refractivity contribution in [1.29, 1.82) is 0 Å². The zero-order chi connectivity index (χ0) is 19.5. The van der Waals surface area contributed by atoms with Gasteiger partial charge in [-0.25, -0.2) is 0 Å². The molecule has 0 aliphatic carbocycles. The van der Waals surface area contributed by atoms with E-state index in [4.69, 9.17) is 38.0 Å². The van der Waals surface area contributed by atoms with Gasteiger partial charge >= 0.3 is 0 Å². The van der Waals surface area contributed by atoms with Gasteiger partial charge < -0.3 is 24.4 Å². The van der Waals surface area contributed by atoms with E-state index >= 15 is 0 Å². The molecule has 2 aliphatic heterocycles. The summed E-state index contributed by atoms with van der Waals surface area (Å²) in [5.41, 5.74) is 3.03. The minimum atomic E-state index is 0.182. The lowest BCUT2D eigenvalue weighted by Crippen LogP contribution is -2.39. The molecule has 1 fully saturated rings. The van der Waals surface area contributed by atoms with Gasteiger partial charge in [0.25, 0.3) is 0 Å². The van der Waals surface area contributed by atoms with Crippen molar-refractivity contribution in [2.24, 2.45) is 0 Å². The van der Waals surface area contributed by atoms with Crippen molar-refractivity contribution in [2.75, 3.05) is 25.3 Å². The molecule has 0 aromatic heterocycles. The molecule has 1 saturated heterocycles. The topological polar surface area (TPSA) is 43.0 Å². The molecule has 28 heavy (non-hydrogen) atoms. The number of nitrogens with zero attached hydrogens (tertiary/aromatic N) is 1. The smallest absolute Gasteiger partial charge is 0.231 e. The average Bonchev–Trinajstić information content (AvgIpc) is 3.35. The Morgan fingerprint density at radius 3 is 2.89 bits per heavy atom. The first-order valence-electron chi connectivity index (χ1n) is 9.41. The minimum Gasteiger partial charge on any atom is -0.454 e. The van der Waals surface area contributed by atoms with Gasteiger partial charge in [-0.15, -0.1) is 0 Å². The van der Waals surface area contributed by atoms with E-state index < -0.39 is 0 Å². The van der Waals surface area contributed by atoms with Crippen molar-refractivity contribution in [3.05, 3.63) is 52.5 Å². The molecule has 0 spiro atoms. The predicted molar refractivity (Wildman–Crippen MR) is 114 cm³/mol. The molecule has 1 N–H and O–H groups in total. The minimum absolute atomic E-state index is 0.182. The summed E-state index contributed by atoms with van der Waals surface area (Å²) in [5.74, 6) is 1.55. The van der Waals surface area contributed by atoms with Gasteiger partial charge in [-0.05, 0) is 67.4 Å². The van der Waals surface area contributed by atoms with Crippen LogP contribution in [0.3, 0.4) is 0 Å². The Kier molecular flexibility index (Phi) is 5.90. The Labute approximate surface area is 175 Å². The highest BCUT2D eigenvalue weighted by atomic mass is 35.5. The van der Waals surface area contributed by atoms with Gasteiger partial charge in [0.2, 0.25) is 6.79 Å². The summed E-state index contributed by atoms with van der Waals surface area (Å²) < 4.78 is 16.8. The summed E-state index contributed by atoms with van der Waals surface area (Å²) in [6.45, 7) is 4.48. The highest BCUT2D eigenvalue weighted by molar-refractivity contribution is 7.80. The van der Waals surface area contributed by atoms with E-state index in [0.717, 1.165) is 54.3 Å². The quantitative estimate of drug-likeness (QED) is 0.706. The molecule has 5 nitrogen and oxygen atoms in total. The maximum Gasteiger partial charge on any atom is 0.231 e. The van der Waals surface area contributed by atoms with Gasteiger partial charge in [0, 0.05) is 19.7 Å². The van der Waals surface area contributed by atoms with Gasteiger partial charge in [0.1, 0.15) is 0 Å². The van der Waals surface area contributed by atoms with Crippen LogP contribution in [0.25, 0.3) is 0 Å². The first kappa shape index (κ1) is 19.3. The van der Waals surface area contributed by atoms with Crippen molar-refractivity contribution < 1.29 is 14.2 Å². The van der Waals surface area contributed by atoms with Crippen LogP contribution in [0.5, 0.6) is 11.5 Å². The number of thiocarbonyl (C=S) groups is 1. The Morgan fingerprint density at radius 1 is 1.21 bits per heavy atom. The van der Waals surface area contributed by atoms with Crippen LogP contribution in [-0.4, -0.2) is 36.1 Å². The number of rotatable bonds is 5. The SMILES string of the molecule is Cc1ccc(Cl)c(NC(=S)N(Cc2ccc3c(c2)OCO3)CC2CCCO2)c1. The van der Waals surface area contributed by atoms with E-state index in [-0.39, 0.29) is 12.9 Å². The van der Waals surface area contributed by atoms with Crippen molar-refractivity contribution in [3.8, 4) is 11.5 Å². The largest absolute Gasteiger partial charge is 0.454 e. The first-order chi connectivity index (χ1) is 13.6. The third-order valence-electron chi connectivity index (χ3n) is 4.91. The van der Waals surface area contributed by atoms with Gasteiger partial charge in [0.05, 0.1) is 16.8 Å². The number of benzene rings is 2. The third kappa shape index (κ3) is 4.51. The van der Waals surface area contributed by atoms with Crippen LogP contribution in [0.2, 0.25) is 5.02 Å². The van der Waals surface area contributed by atoms with Gasteiger partial charge in [0.15, 0.2) is 16.6 Å². The zero-order valence-electron chi connectivity index (χ0n) is 15.7. The van der Waals surface area contributed by atoms with Crippen molar-refractivity contribution in [3.63, 3.8) is 0 Å². The number of ether oxygens (including phenoxy) is 3. The summed E-state index contributed by atoms with van der Waals surface area (Å²) in [6, 6.07) is 11.8. The second-order valence-corrected chi connectivity index (χ2v) is 7.91. The fraction of sp³-hybridized carbons (Fsp3) is 0.381. The normalized spacial score (nSPS) is 17.6. The van der Waals surface area contributed by atoms with Gasteiger partial charge in [-0.3, -0.25) is 0 Å². The van der Waals surface area contributed by atoms with Gasteiger partial charge in [-0.1, -0.05) is 23.7 Å². The molecule has 7 heteroatoms. The molecule has 148 valence electrons. The fourth-order valence-corrected chi connectivity index (χ4v) is 3.86. The van der Waals surface area contributed by atoms with Crippen molar-refractivity contribution >= 4 is 34.6 Å². The second kappa shape index (κ2) is 8.55. The maximum atomic E-state index is 6.34. The van der Waals surface area contributed by atoms with E-state index in [9.17, 15) is 0 Å². The molecule has 1 unspecified atom stereocenters. The number of hydrogen-bond donors (Lipinski definition) is 1. The predicted octanol–water partition coefficient (Wildman–Crippen LogP) is 4.76. The highest BCUT2D eigenvalue weighted by Gasteiger charge is 2.22. The summed E-state index contributed by atoms with van der Waals surface area (Å²) in [7, 11) is 0. The lowest BCUT2D eigenvalue weighted by atomic mass is 10.1. The second-order valence-electron chi connectivity index (χ2n) is 7.12. The number of hydrogen-bond acceptors (Lipinski definition) is 4. The van der Waals surface area contributed by atoms with Crippen molar-refractivity contribution in [2.45, 2.75) is 32.4 Å². The zero-order valence-corrected chi connectivity index (χ0v) is 17.3. The van der Waals surface area contributed by atoms with Crippen LogP contribution in [0.15, 0.2) is 36.4 Å². The molecule has 0 amide bonds. The summed E-state index contributed by atoms with van der Waals surface area (Å²) in [4.78, 5) is 2.13. The molecule has 2 heterocycles. The molecule has 2 aliphatic rings. The van der Waals surface area contributed by atoms with Crippen LogP contribution in [0.4, 0.5) is 5.69 Å². The molecule has 1 atom stereocenters. The number of anilines is 1. The Balaban J connectivity index is 1.52. The summed E-state index contributed by atoms with van der Waals surface area (Å²) >= 11 is 12.1. The molecule has 0 saturated carbocycles. The van der Waals surface area contributed by atoms with E-state index in [0.29, 0.717) is 16.7 Å². The number of fused-ring (bicyclic) bond motifs is 1. The Bertz CT molecular complexity index is 871. The molecule has 4 rings (SSSR count). The Morgan fingerprint density at radius 2 is 2.07 bits per heavy atom. The van der Waals surface area contributed by atoms with Crippen LogP contribution < -0.4 is 14.8 Å². The van der Waals surface area contributed by atoms with Crippen LogP contribution in [-0.2, 0) is 11.3 Å². The lowest BCUT2D eigenvalue weighted by molar-refractivity contribution is 0.0905. The maximum absolute atomic E-state index is 6.34. The molecular weight excluding hydrogens is 396 g/mol. The number of halogens is 1. The van der Waals surface area contributed by atoms with Crippen LogP contribution in [0, 0.1) is 6.92 Å². The summed E-state index contributed by atoms with van der Waals surface area (Å²) in [5, 5.41) is 4.58. The van der Waals surface area contributed by atoms with Crippen LogP contribution >= 0.6 is 23.8 Å². The highest BCUT2D eigenvalue weighted by Crippen LogP contribution is 2.33. The standard InChI is InChI=1S/C21H23ClN2O3S/c1-14-4-6-17(22)18(9-14)23-21(28)24(12-16-3-2-8-25-16)11-15-5-7-19-20(10-15)27-13-26-19/h4-7,9-10,16H,2-3,8,11-13H2,1H3,(H,23,28). The molecule has 0 radical (unpaired) electrons. The number of aryl methyl sites for hydroxylation is 1. The summed E-state index contributed by atoms with van der Waals surface area (Å²) in [6.07, 6.45) is 2.32. The molecular formula is C21H23ClN2O3S. The Hall–Kier alpha value is -2.02. The van der Waals surface area contributed by atoms with E-state index in [1.165, 1.54) is 0 Å². The van der Waals surface area contributed by atoms with E-state index in [2.05, 4.69) is 10.2 Å². The monoisotopic (exact) mass is 418 g/mol. The lowest BCUT2D eigenvalue weighted by Gasteiger charge is -2.28. The van der Waals surface area contributed by atoms with Gasteiger partial charge in [-0.2, -0.15) is 0 Å². The molecule has 2 aromatic rings. The van der Waals surface area contributed by atoms with E-state index in [1.807, 2.05) is 43.3 Å². The van der Waals surface area contributed by atoms with Crippen LogP contribution in [0.1, 0.15) is 24.0 Å².